The topological polar surface area (TPSA) is 68.7 Å². The average molecular weight is 529 g/mol. The molecule has 1 N–H and O–H groups in total. The molecule has 7 nitrogen and oxygen atoms in total. The highest BCUT2D eigenvalue weighted by Crippen LogP contribution is 2.35. The van der Waals surface area contributed by atoms with Crippen LogP contribution in [0.15, 0.2) is 60.9 Å². The van der Waals surface area contributed by atoms with E-state index in [-0.39, 0.29) is 5.82 Å². The molecule has 0 atom stereocenters. The minimum Gasteiger partial charge on any atom is -0.493 e. The fourth-order valence-electron chi connectivity index (χ4n) is 4.51. The van der Waals surface area contributed by atoms with E-state index >= 15 is 0 Å². The van der Waals surface area contributed by atoms with Gasteiger partial charge in [0, 0.05) is 36.8 Å². The van der Waals surface area contributed by atoms with Crippen molar-refractivity contribution in [3.63, 3.8) is 0 Å². The first-order chi connectivity index (χ1) is 19.1. The minimum absolute atomic E-state index is 0.194. The number of aromatic nitrogens is 2. The van der Waals surface area contributed by atoms with E-state index in [0.29, 0.717) is 29.5 Å². The van der Waals surface area contributed by atoms with E-state index in [4.69, 9.17) is 14.2 Å². The summed E-state index contributed by atoms with van der Waals surface area (Å²) in [6.07, 6.45) is 6.44. The van der Waals surface area contributed by atoms with Crippen LogP contribution in [0.3, 0.4) is 0 Å². The summed E-state index contributed by atoms with van der Waals surface area (Å²) >= 11 is 0. The average Bonchev–Trinajstić information content (AvgIpc) is 2.97. The number of nitrogens with one attached hydrogen (secondary N) is 1. The Morgan fingerprint density at radius 3 is 2.51 bits per heavy atom. The van der Waals surface area contributed by atoms with Crippen molar-refractivity contribution in [1.29, 1.82) is 0 Å². The van der Waals surface area contributed by atoms with Crippen LogP contribution in [0.2, 0.25) is 0 Å². The van der Waals surface area contributed by atoms with Crippen molar-refractivity contribution in [2.45, 2.75) is 13.3 Å². The van der Waals surface area contributed by atoms with E-state index in [2.05, 4.69) is 20.2 Å². The number of rotatable bonds is 10. The summed E-state index contributed by atoms with van der Waals surface area (Å²) in [5.74, 6) is 1.80. The fraction of sp³-hybridized carbons (Fsp3) is 0.290. The molecule has 0 spiro atoms. The Kier molecular flexibility index (Phi) is 8.65. The van der Waals surface area contributed by atoms with Gasteiger partial charge in [0.05, 0.1) is 32.4 Å². The minimum atomic E-state index is -0.194. The zero-order valence-corrected chi connectivity index (χ0v) is 22.3. The number of halogens is 1. The van der Waals surface area contributed by atoms with E-state index in [0.717, 1.165) is 67.0 Å². The number of fused-ring (bicyclic) bond motifs is 1. The maximum absolute atomic E-state index is 13.5. The molecule has 0 radical (unpaired) electrons. The van der Waals surface area contributed by atoms with Gasteiger partial charge in [0.25, 0.3) is 0 Å². The third-order valence-electron chi connectivity index (χ3n) is 6.72. The summed E-state index contributed by atoms with van der Waals surface area (Å²) in [5.41, 5.74) is 4.29. The lowest BCUT2D eigenvalue weighted by Crippen LogP contribution is -2.37. The van der Waals surface area contributed by atoms with E-state index in [9.17, 15) is 4.39 Å². The Morgan fingerprint density at radius 1 is 0.974 bits per heavy atom. The Labute approximate surface area is 228 Å². The SMILES string of the molecule is COc1cc2c(Nc3ccc(/C=C/c4ccc(F)c(C)c4)cc3)ncnc2cc1OCCCN1CCOCC1. The van der Waals surface area contributed by atoms with Gasteiger partial charge in [-0.1, -0.05) is 30.4 Å². The maximum Gasteiger partial charge on any atom is 0.163 e. The number of aryl methyl sites for hydroxylation is 1. The van der Waals surface area contributed by atoms with Crippen LogP contribution in [0.1, 0.15) is 23.1 Å². The first-order valence-electron chi connectivity index (χ1n) is 13.2. The molecule has 0 amide bonds. The largest absolute Gasteiger partial charge is 0.493 e. The lowest BCUT2D eigenvalue weighted by molar-refractivity contribution is 0.0357. The second-order valence-electron chi connectivity index (χ2n) is 9.49. The molecule has 2 heterocycles. The first-order valence-corrected chi connectivity index (χ1v) is 13.2. The normalized spacial score (nSPS) is 14.1. The Morgan fingerprint density at radius 2 is 1.74 bits per heavy atom. The van der Waals surface area contributed by atoms with Crippen molar-refractivity contribution in [3.8, 4) is 11.5 Å². The van der Waals surface area contributed by atoms with E-state index < -0.39 is 0 Å². The third kappa shape index (κ3) is 6.90. The molecular weight excluding hydrogens is 495 g/mol. The van der Waals surface area contributed by atoms with E-state index in [1.54, 1.807) is 26.4 Å². The second-order valence-corrected chi connectivity index (χ2v) is 9.49. The molecule has 0 unspecified atom stereocenters. The predicted molar refractivity (Wildman–Crippen MR) is 153 cm³/mol. The summed E-state index contributed by atoms with van der Waals surface area (Å²) in [4.78, 5) is 11.3. The summed E-state index contributed by atoms with van der Waals surface area (Å²) < 4.78 is 30.6. The summed E-state index contributed by atoms with van der Waals surface area (Å²) in [6.45, 7) is 6.89. The number of benzene rings is 3. The Bertz CT molecular complexity index is 1440. The molecule has 5 rings (SSSR count). The molecule has 39 heavy (non-hydrogen) atoms. The molecule has 0 bridgehead atoms. The van der Waals surface area contributed by atoms with Crippen LogP contribution in [0, 0.1) is 12.7 Å². The highest BCUT2D eigenvalue weighted by atomic mass is 19.1. The van der Waals surface area contributed by atoms with Gasteiger partial charge in [-0.2, -0.15) is 0 Å². The number of hydrogen-bond donors (Lipinski definition) is 1. The number of anilines is 2. The molecule has 0 aliphatic carbocycles. The third-order valence-corrected chi connectivity index (χ3v) is 6.72. The highest BCUT2D eigenvalue weighted by molar-refractivity contribution is 5.93. The smallest absolute Gasteiger partial charge is 0.163 e. The number of methoxy groups -OCH3 is 1. The molecule has 1 aliphatic rings. The van der Waals surface area contributed by atoms with Crippen molar-refractivity contribution in [2.75, 3.05) is 51.9 Å². The predicted octanol–water partition coefficient (Wildman–Crippen LogP) is 6.10. The van der Waals surface area contributed by atoms with Gasteiger partial charge < -0.3 is 19.5 Å². The molecule has 1 aromatic heterocycles. The molecule has 202 valence electrons. The van der Waals surface area contributed by atoms with Crippen molar-refractivity contribution in [2.24, 2.45) is 0 Å². The molecule has 8 heteroatoms. The van der Waals surface area contributed by atoms with E-state index in [1.165, 1.54) is 6.07 Å². The summed E-state index contributed by atoms with van der Waals surface area (Å²) in [7, 11) is 1.64. The van der Waals surface area contributed by atoms with Gasteiger partial charge in [0.1, 0.15) is 18.0 Å². The van der Waals surface area contributed by atoms with Gasteiger partial charge in [0.2, 0.25) is 0 Å². The second kappa shape index (κ2) is 12.7. The molecular formula is C31H33FN4O3. The van der Waals surface area contributed by atoms with Gasteiger partial charge in [-0.25, -0.2) is 14.4 Å². The Balaban J connectivity index is 1.25. The molecule has 4 aromatic rings. The van der Waals surface area contributed by atoms with Crippen molar-refractivity contribution in [1.82, 2.24) is 14.9 Å². The monoisotopic (exact) mass is 528 g/mol. The van der Waals surface area contributed by atoms with Gasteiger partial charge in [-0.05, 0) is 60.4 Å². The number of nitrogens with zero attached hydrogens (tertiary/aromatic N) is 3. The van der Waals surface area contributed by atoms with Crippen LogP contribution < -0.4 is 14.8 Å². The van der Waals surface area contributed by atoms with Crippen LogP contribution in [-0.4, -0.2) is 61.4 Å². The van der Waals surface area contributed by atoms with Gasteiger partial charge >= 0.3 is 0 Å². The van der Waals surface area contributed by atoms with Gasteiger partial charge in [0.15, 0.2) is 11.5 Å². The number of hydrogen-bond acceptors (Lipinski definition) is 7. The molecule has 1 aliphatic heterocycles. The molecule has 3 aromatic carbocycles. The van der Waals surface area contributed by atoms with Crippen molar-refractivity contribution < 1.29 is 18.6 Å². The molecule has 1 saturated heterocycles. The highest BCUT2D eigenvalue weighted by Gasteiger charge is 2.13. The quantitative estimate of drug-likeness (QED) is 0.197. The summed E-state index contributed by atoms with van der Waals surface area (Å²) in [5, 5.41) is 4.23. The zero-order valence-electron chi connectivity index (χ0n) is 22.3. The number of morpholine rings is 1. The van der Waals surface area contributed by atoms with Crippen LogP contribution in [-0.2, 0) is 4.74 Å². The van der Waals surface area contributed by atoms with Crippen LogP contribution in [0.4, 0.5) is 15.9 Å². The zero-order chi connectivity index (χ0) is 27.0. The van der Waals surface area contributed by atoms with Gasteiger partial charge in [-0.3, -0.25) is 4.90 Å². The lowest BCUT2D eigenvalue weighted by Gasteiger charge is -2.26. The Hall–Kier alpha value is -4.01. The van der Waals surface area contributed by atoms with Crippen LogP contribution in [0.5, 0.6) is 11.5 Å². The molecule has 1 fully saturated rings. The van der Waals surface area contributed by atoms with Crippen LogP contribution >= 0.6 is 0 Å². The maximum atomic E-state index is 13.5. The van der Waals surface area contributed by atoms with Gasteiger partial charge in [-0.15, -0.1) is 0 Å². The van der Waals surface area contributed by atoms with Crippen molar-refractivity contribution in [3.05, 3.63) is 83.4 Å². The van der Waals surface area contributed by atoms with Crippen LogP contribution in [0.25, 0.3) is 23.1 Å². The van der Waals surface area contributed by atoms with Crippen molar-refractivity contribution >= 4 is 34.6 Å². The standard InChI is InChI=1S/C31H33FN4O3/c1-22-18-24(8-11-27(22)32)5-4-23-6-9-25(10-7-23)35-31-26-19-29(37-2)30(20-28(26)33-21-34-31)39-15-3-12-36-13-16-38-17-14-36/h4-11,18-21H,3,12-17H2,1-2H3,(H,33,34,35)/b5-4+. The lowest BCUT2D eigenvalue weighted by atomic mass is 10.1. The molecule has 0 saturated carbocycles. The first kappa shape index (κ1) is 26.6. The fourth-order valence-corrected chi connectivity index (χ4v) is 4.51. The summed E-state index contributed by atoms with van der Waals surface area (Å²) in [6, 6.07) is 16.9. The number of ether oxygens (including phenoxy) is 3. The van der Waals surface area contributed by atoms with E-state index in [1.807, 2.05) is 54.6 Å².